The van der Waals surface area contributed by atoms with Gasteiger partial charge in [-0.1, -0.05) is 11.6 Å². The number of halogens is 1. The maximum Gasteiger partial charge on any atom is 0.355 e. The van der Waals surface area contributed by atoms with Crippen molar-refractivity contribution >= 4 is 28.9 Å². The molecule has 0 unspecified atom stereocenters. The fourth-order valence-corrected chi connectivity index (χ4v) is 6.13. The molecule has 7 heteroatoms. The highest BCUT2D eigenvalue weighted by molar-refractivity contribution is 7.09. The molecule has 5 atom stereocenters. The monoisotopic (exact) mass is 435 g/mol. The number of hydrogen-bond donors (Lipinski definition) is 1. The molecular weight excluding hydrogens is 410 g/mol. The van der Waals surface area contributed by atoms with Crippen LogP contribution in [-0.4, -0.2) is 35.9 Å². The quantitative estimate of drug-likeness (QED) is 0.656. The Kier molecular flexibility index (Phi) is 6.13. The van der Waals surface area contributed by atoms with E-state index in [0.717, 1.165) is 47.0 Å². The first kappa shape index (κ1) is 20.6. The van der Waals surface area contributed by atoms with E-state index in [1.54, 1.807) is 12.5 Å². The van der Waals surface area contributed by atoms with Gasteiger partial charge in [0.25, 0.3) is 0 Å². The first-order valence-electron chi connectivity index (χ1n) is 10.1. The summed E-state index contributed by atoms with van der Waals surface area (Å²) >= 11 is 7.59. The number of methoxy groups -OCH3 is 1. The van der Waals surface area contributed by atoms with Crippen molar-refractivity contribution in [2.45, 2.75) is 44.6 Å². The van der Waals surface area contributed by atoms with Crippen molar-refractivity contribution in [1.82, 2.24) is 4.98 Å². The molecule has 156 valence electrons. The van der Waals surface area contributed by atoms with Gasteiger partial charge in [0.05, 0.1) is 17.7 Å². The highest BCUT2D eigenvalue weighted by atomic mass is 35.5. The molecule has 5 nitrogen and oxygen atoms in total. The van der Waals surface area contributed by atoms with Gasteiger partial charge in [-0.2, -0.15) is 0 Å². The summed E-state index contributed by atoms with van der Waals surface area (Å²) in [7, 11) is 1.79. The van der Waals surface area contributed by atoms with E-state index in [9.17, 15) is 4.79 Å². The molecule has 0 aliphatic heterocycles. The average molecular weight is 436 g/mol. The molecule has 29 heavy (non-hydrogen) atoms. The maximum absolute atomic E-state index is 11.1. The van der Waals surface area contributed by atoms with E-state index in [-0.39, 0.29) is 11.8 Å². The largest absolute Gasteiger partial charge is 0.493 e. The molecule has 4 rings (SSSR count). The molecule has 2 saturated carbocycles. The minimum absolute atomic E-state index is 0.165. The molecular formula is C22H26ClNO4S. The molecule has 0 spiro atoms. The van der Waals surface area contributed by atoms with E-state index in [1.807, 2.05) is 25.1 Å². The number of nitrogens with zero attached hydrogens (tertiary/aromatic N) is 1. The van der Waals surface area contributed by atoms with Crippen LogP contribution in [0.15, 0.2) is 23.6 Å². The Morgan fingerprint density at radius 1 is 1.34 bits per heavy atom. The average Bonchev–Trinajstić information content (AvgIpc) is 3.33. The number of aryl methyl sites for hydroxylation is 1. The van der Waals surface area contributed by atoms with E-state index in [0.29, 0.717) is 30.3 Å². The summed E-state index contributed by atoms with van der Waals surface area (Å²) in [5, 5.41) is 12.5. The molecule has 0 amide bonds. The summed E-state index contributed by atoms with van der Waals surface area (Å²) in [6, 6.07) is 5.78. The van der Waals surface area contributed by atoms with Gasteiger partial charge in [0.15, 0.2) is 5.69 Å². The number of hydrogen-bond acceptors (Lipinski definition) is 5. The molecule has 1 heterocycles. The molecule has 2 aromatic rings. The molecule has 2 aliphatic carbocycles. The number of aromatic nitrogens is 1. The number of carboxylic acids is 1. The fraction of sp³-hybridized carbons (Fsp3) is 0.545. The lowest BCUT2D eigenvalue weighted by Gasteiger charge is -2.33. The van der Waals surface area contributed by atoms with E-state index < -0.39 is 5.97 Å². The summed E-state index contributed by atoms with van der Waals surface area (Å²) in [5.74, 6) is 1.76. The van der Waals surface area contributed by atoms with Crippen LogP contribution < -0.4 is 4.74 Å². The molecule has 1 aromatic heterocycles. The second kappa shape index (κ2) is 8.62. The van der Waals surface area contributed by atoms with Crippen molar-refractivity contribution in [1.29, 1.82) is 0 Å². The Labute approximate surface area is 180 Å². The van der Waals surface area contributed by atoms with Crippen LogP contribution in [0.25, 0.3) is 0 Å². The summed E-state index contributed by atoms with van der Waals surface area (Å²) in [6.07, 6.45) is 4.42. The third kappa shape index (κ3) is 4.30. The van der Waals surface area contributed by atoms with Gasteiger partial charge in [-0.15, -0.1) is 11.3 Å². The Hall–Kier alpha value is -1.63. The van der Waals surface area contributed by atoms with Crippen LogP contribution >= 0.6 is 22.9 Å². The minimum atomic E-state index is -0.948. The standard InChI is InChI=1S/C22H26ClNO4S/c1-12-7-15(4-6-18(12)23)28-10-17-16-5-3-13(8-14(16)9-20(17)27-2)21-24-19(11-29-21)22(25)26/h4,6-7,11,13-14,16-17,20H,3,5,8-10H2,1-2H3,(H,25,26)/t13-,14-,16-,17+,20-/m0/s1. The Balaban J connectivity index is 1.42. The highest BCUT2D eigenvalue weighted by Crippen LogP contribution is 2.51. The zero-order chi connectivity index (χ0) is 20.5. The maximum atomic E-state index is 11.1. The van der Waals surface area contributed by atoms with Crippen LogP contribution in [0.5, 0.6) is 5.75 Å². The van der Waals surface area contributed by atoms with Gasteiger partial charge in [0, 0.05) is 29.3 Å². The first-order chi connectivity index (χ1) is 14.0. The van der Waals surface area contributed by atoms with Crippen molar-refractivity contribution < 1.29 is 19.4 Å². The second-order valence-corrected chi connectivity index (χ2v) is 9.50. The molecule has 2 fully saturated rings. The third-order valence-electron chi connectivity index (χ3n) is 6.57. The zero-order valence-electron chi connectivity index (χ0n) is 16.6. The SMILES string of the molecule is CO[C@H]1C[C@@H]2C[C@@H](c3nc(C(=O)O)cs3)CC[C@@H]2[C@H]1COc1ccc(Cl)c(C)c1. The van der Waals surface area contributed by atoms with Crippen molar-refractivity contribution in [3.63, 3.8) is 0 Å². The van der Waals surface area contributed by atoms with E-state index in [1.165, 1.54) is 11.3 Å². The lowest BCUT2D eigenvalue weighted by atomic mass is 9.73. The number of carboxylic acid groups (broad SMARTS) is 1. The third-order valence-corrected chi connectivity index (χ3v) is 8.00. The topological polar surface area (TPSA) is 68.7 Å². The van der Waals surface area contributed by atoms with Gasteiger partial charge in [-0.05, 0) is 68.2 Å². The van der Waals surface area contributed by atoms with Gasteiger partial charge in [0.2, 0.25) is 0 Å². The molecule has 2 aliphatic rings. The highest BCUT2D eigenvalue weighted by Gasteiger charge is 2.47. The number of rotatable bonds is 6. The molecule has 1 aromatic carbocycles. The van der Waals surface area contributed by atoms with Gasteiger partial charge in [0.1, 0.15) is 5.75 Å². The van der Waals surface area contributed by atoms with Crippen LogP contribution in [0.2, 0.25) is 5.02 Å². The fourth-order valence-electron chi connectivity index (χ4n) is 5.07. The number of benzene rings is 1. The predicted molar refractivity (Wildman–Crippen MR) is 113 cm³/mol. The smallest absolute Gasteiger partial charge is 0.355 e. The summed E-state index contributed by atoms with van der Waals surface area (Å²) < 4.78 is 12.0. The summed E-state index contributed by atoms with van der Waals surface area (Å²) in [4.78, 5) is 15.5. The minimum Gasteiger partial charge on any atom is -0.493 e. The van der Waals surface area contributed by atoms with Crippen molar-refractivity contribution in [3.05, 3.63) is 44.9 Å². The van der Waals surface area contributed by atoms with Crippen LogP contribution in [0, 0.1) is 24.7 Å². The van der Waals surface area contributed by atoms with Gasteiger partial charge < -0.3 is 14.6 Å². The second-order valence-electron chi connectivity index (χ2n) is 8.21. The Morgan fingerprint density at radius 2 is 2.17 bits per heavy atom. The van der Waals surface area contributed by atoms with Crippen molar-refractivity contribution in [2.24, 2.45) is 17.8 Å². The van der Waals surface area contributed by atoms with Crippen LogP contribution in [0.1, 0.15) is 52.7 Å². The van der Waals surface area contributed by atoms with Crippen LogP contribution in [0.4, 0.5) is 0 Å². The van der Waals surface area contributed by atoms with E-state index >= 15 is 0 Å². The number of thiazole rings is 1. The van der Waals surface area contributed by atoms with Gasteiger partial charge in [-0.3, -0.25) is 0 Å². The summed E-state index contributed by atoms with van der Waals surface area (Å²) in [6.45, 7) is 2.63. The lowest BCUT2D eigenvalue weighted by Crippen LogP contribution is -2.30. The summed E-state index contributed by atoms with van der Waals surface area (Å²) in [5.41, 5.74) is 1.18. The first-order valence-corrected chi connectivity index (χ1v) is 11.3. The molecule has 0 radical (unpaired) electrons. The Morgan fingerprint density at radius 3 is 2.86 bits per heavy atom. The van der Waals surface area contributed by atoms with Crippen molar-refractivity contribution in [3.8, 4) is 5.75 Å². The normalized spacial score (nSPS) is 28.9. The van der Waals surface area contributed by atoms with E-state index in [4.69, 9.17) is 26.2 Å². The lowest BCUT2D eigenvalue weighted by molar-refractivity contribution is 0.0359. The predicted octanol–water partition coefficient (Wildman–Crippen LogP) is 5.42. The Bertz CT molecular complexity index is 885. The van der Waals surface area contributed by atoms with Crippen LogP contribution in [-0.2, 0) is 4.74 Å². The zero-order valence-corrected chi connectivity index (χ0v) is 18.2. The number of carbonyl (C=O) groups is 1. The number of fused-ring (bicyclic) bond motifs is 1. The number of ether oxygens (including phenoxy) is 2. The van der Waals surface area contributed by atoms with Gasteiger partial charge in [-0.25, -0.2) is 9.78 Å². The van der Waals surface area contributed by atoms with E-state index in [2.05, 4.69) is 4.98 Å². The van der Waals surface area contributed by atoms with Gasteiger partial charge >= 0.3 is 5.97 Å². The number of aromatic carboxylic acids is 1. The van der Waals surface area contributed by atoms with Crippen LogP contribution in [0.3, 0.4) is 0 Å². The molecule has 0 saturated heterocycles. The van der Waals surface area contributed by atoms with Crippen molar-refractivity contribution in [2.75, 3.05) is 13.7 Å². The molecule has 1 N–H and O–H groups in total. The molecule has 0 bridgehead atoms.